The van der Waals surface area contributed by atoms with Crippen LogP contribution >= 0.6 is 0 Å². The van der Waals surface area contributed by atoms with Gasteiger partial charge in [-0.15, -0.1) is 0 Å². The Morgan fingerprint density at radius 2 is 0.640 bits per heavy atom. The van der Waals surface area contributed by atoms with E-state index in [-0.39, 0.29) is 0 Å². The first-order chi connectivity index (χ1) is 24.8. The van der Waals surface area contributed by atoms with E-state index in [9.17, 15) is 0 Å². The second kappa shape index (κ2) is 12.8. The van der Waals surface area contributed by atoms with Crippen molar-refractivity contribution < 1.29 is 4.42 Å². The van der Waals surface area contributed by atoms with E-state index in [2.05, 4.69) is 193 Å². The molecule has 0 saturated carbocycles. The summed E-state index contributed by atoms with van der Waals surface area (Å²) in [5, 5.41) is 2.22. The summed E-state index contributed by atoms with van der Waals surface area (Å²) in [4.78, 5) is 2.33. The highest BCUT2D eigenvalue weighted by molar-refractivity contribution is 6.06. The first kappa shape index (κ1) is 29.5. The quantitative estimate of drug-likeness (QED) is 0.173. The molecule has 1 heterocycles. The van der Waals surface area contributed by atoms with Gasteiger partial charge < -0.3 is 9.32 Å². The molecule has 8 aromatic carbocycles. The Morgan fingerprint density at radius 3 is 1.16 bits per heavy atom. The summed E-state index contributed by atoms with van der Waals surface area (Å²) < 4.78 is 6.19. The van der Waals surface area contributed by atoms with Gasteiger partial charge in [0.15, 0.2) is 0 Å². The summed E-state index contributed by atoms with van der Waals surface area (Å²) in [6, 6.07) is 71.2. The summed E-state index contributed by atoms with van der Waals surface area (Å²) in [6.45, 7) is 0. The second-order valence-electron chi connectivity index (χ2n) is 12.6. The average molecular weight is 640 g/mol. The van der Waals surface area contributed by atoms with E-state index >= 15 is 0 Å². The smallest absolute Gasteiger partial charge is 0.135 e. The number of hydrogen-bond acceptors (Lipinski definition) is 2. The topological polar surface area (TPSA) is 16.4 Å². The zero-order valence-corrected chi connectivity index (χ0v) is 27.4. The van der Waals surface area contributed by atoms with Gasteiger partial charge >= 0.3 is 0 Å². The van der Waals surface area contributed by atoms with Crippen LogP contribution in [0.4, 0.5) is 17.1 Å². The van der Waals surface area contributed by atoms with Gasteiger partial charge in [-0.05, 0) is 111 Å². The number of hydrogen-bond donors (Lipinski definition) is 0. The van der Waals surface area contributed by atoms with E-state index in [4.69, 9.17) is 4.42 Å². The minimum atomic E-state index is 0.886. The molecular formula is C48H33NO. The number of anilines is 3. The highest BCUT2D eigenvalue weighted by atomic mass is 16.3. The lowest BCUT2D eigenvalue weighted by atomic mass is 9.93. The Balaban J connectivity index is 1.15. The summed E-state index contributed by atoms with van der Waals surface area (Å²) in [5.41, 5.74) is 14.6. The predicted octanol–water partition coefficient (Wildman–Crippen LogP) is 13.7. The monoisotopic (exact) mass is 639 g/mol. The number of benzene rings is 8. The Bertz CT molecular complexity index is 2490. The van der Waals surface area contributed by atoms with Gasteiger partial charge in [-0.2, -0.15) is 0 Å². The fraction of sp³-hybridized carbons (Fsp3) is 0. The van der Waals surface area contributed by atoms with Gasteiger partial charge in [0, 0.05) is 27.8 Å². The van der Waals surface area contributed by atoms with Gasteiger partial charge in [-0.1, -0.05) is 133 Å². The minimum Gasteiger partial charge on any atom is -0.456 e. The van der Waals surface area contributed by atoms with E-state index in [1.54, 1.807) is 0 Å². The average Bonchev–Trinajstić information content (AvgIpc) is 3.57. The van der Waals surface area contributed by atoms with Crippen molar-refractivity contribution in [3.63, 3.8) is 0 Å². The molecule has 9 rings (SSSR count). The highest BCUT2D eigenvalue weighted by Crippen LogP contribution is 2.40. The maximum Gasteiger partial charge on any atom is 0.135 e. The van der Waals surface area contributed by atoms with Crippen molar-refractivity contribution in [2.45, 2.75) is 0 Å². The lowest BCUT2D eigenvalue weighted by Crippen LogP contribution is -2.09. The third-order valence-electron chi connectivity index (χ3n) is 9.46. The Kier molecular flexibility index (Phi) is 7.53. The molecule has 0 saturated heterocycles. The summed E-state index contributed by atoms with van der Waals surface area (Å²) in [6.07, 6.45) is 0. The number of furan rings is 1. The maximum absolute atomic E-state index is 6.19. The van der Waals surface area contributed by atoms with E-state index in [0.717, 1.165) is 39.0 Å². The molecule has 1 aromatic heterocycles. The van der Waals surface area contributed by atoms with Gasteiger partial charge in [-0.25, -0.2) is 0 Å². The fourth-order valence-electron chi connectivity index (χ4n) is 6.93. The van der Waals surface area contributed by atoms with Crippen molar-refractivity contribution in [3.8, 4) is 44.5 Å². The zero-order chi connectivity index (χ0) is 33.3. The molecule has 0 unspecified atom stereocenters. The van der Waals surface area contributed by atoms with Crippen molar-refractivity contribution in [1.82, 2.24) is 0 Å². The molecule has 2 nitrogen and oxygen atoms in total. The first-order valence-corrected chi connectivity index (χ1v) is 17.0. The molecule has 236 valence electrons. The molecule has 0 aliphatic heterocycles. The molecule has 0 spiro atoms. The Hall–Kier alpha value is -6.64. The summed E-state index contributed by atoms with van der Waals surface area (Å²) >= 11 is 0. The Morgan fingerprint density at radius 1 is 0.260 bits per heavy atom. The standard InChI is InChI=1S/C48H33NO/c1-4-12-34(13-5-1)37-20-24-42(25-21-37)49(44-28-29-48-46(33-44)45-18-10-11-19-47(45)50-48)43-26-22-38(23-27-43)41-31-39(35-14-6-2-7-15-35)30-40(32-41)36-16-8-3-9-17-36/h1-33H. The minimum absolute atomic E-state index is 0.886. The molecule has 0 radical (unpaired) electrons. The van der Waals surface area contributed by atoms with Crippen molar-refractivity contribution >= 4 is 39.0 Å². The predicted molar refractivity (Wildman–Crippen MR) is 210 cm³/mol. The van der Waals surface area contributed by atoms with Crippen LogP contribution in [0.3, 0.4) is 0 Å². The number of rotatable bonds is 7. The van der Waals surface area contributed by atoms with Crippen LogP contribution in [-0.2, 0) is 0 Å². The van der Waals surface area contributed by atoms with Crippen LogP contribution in [-0.4, -0.2) is 0 Å². The molecule has 0 atom stereocenters. The molecule has 0 aliphatic rings. The largest absolute Gasteiger partial charge is 0.456 e. The molecular weight excluding hydrogens is 607 g/mol. The normalized spacial score (nSPS) is 11.2. The van der Waals surface area contributed by atoms with Crippen LogP contribution in [0.1, 0.15) is 0 Å². The summed E-state index contributed by atoms with van der Waals surface area (Å²) in [5.74, 6) is 0. The van der Waals surface area contributed by atoms with Gasteiger partial charge in [0.25, 0.3) is 0 Å². The first-order valence-electron chi connectivity index (χ1n) is 17.0. The van der Waals surface area contributed by atoms with Crippen molar-refractivity contribution in [1.29, 1.82) is 0 Å². The number of para-hydroxylation sites is 1. The molecule has 0 fully saturated rings. The molecule has 0 amide bonds. The van der Waals surface area contributed by atoms with E-state index < -0.39 is 0 Å². The lowest BCUT2D eigenvalue weighted by molar-refractivity contribution is 0.669. The zero-order valence-electron chi connectivity index (χ0n) is 27.4. The van der Waals surface area contributed by atoms with Gasteiger partial charge in [0.2, 0.25) is 0 Å². The number of fused-ring (bicyclic) bond motifs is 3. The fourth-order valence-corrected chi connectivity index (χ4v) is 6.93. The van der Waals surface area contributed by atoms with Crippen LogP contribution in [0.25, 0.3) is 66.4 Å². The molecule has 0 aliphatic carbocycles. The van der Waals surface area contributed by atoms with Gasteiger partial charge in [-0.3, -0.25) is 0 Å². The van der Waals surface area contributed by atoms with E-state index in [1.165, 1.54) is 44.5 Å². The Labute approximate surface area is 292 Å². The van der Waals surface area contributed by atoms with Crippen molar-refractivity contribution in [3.05, 3.63) is 200 Å². The molecule has 0 bridgehead atoms. The van der Waals surface area contributed by atoms with Crippen molar-refractivity contribution in [2.75, 3.05) is 4.90 Å². The SMILES string of the molecule is c1ccc(-c2ccc(N(c3ccc(-c4cc(-c5ccccc5)cc(-c5ccccc5)c4)cc3)c3ccc4oc5ccccc5c4c3)cc2)cc1. The summed E-state index contributed by atoms with van der Waals surface area (Å²) in [7, 11) is 0. The number of nitrogens with zero attached hydrogens (tertiary/aromatic N) is 1. The third-order valence-corrected chi connectivity index (χ3v) is 9.46. The van der Waals surface area contributed by atoms with Crippen LogP contribution in [0.15, 0.2) is 205 Å². The van der Waals surface area contributed by atoms with Crippen molar-refractivity contribution in [2.24, 2.45) is 0 Å². The van der Waals surface area contributed by atoms with Crippen LogP contribution < -0.4 is 4.90 Å². The molecule has 0 N–H and O–H groups in total. The van der Waals surface area contributed by atoms with Gasteiger partial charge in [0.1, 0.15) is 11.2 Å². The third kappa shape index (κ3) is 5.63. The maximum atomic E-state index is 6.19. The van der Waals surface area contributed by atoms with Gasteiger partial charge in [0.05, 0.1) is 0 Å². The lowest BCUT2D eigenvalue weighted by Gasteiger charge is -2.26. The van der Waals surface area contributed by atoms with Crippen LogP contribution in [0.5, 0.6) is 0 Å². The van der Waals surface area contributed by atoms with E-state index in [1.807, 2.05) is 12.1 Å². The van der Waals surface area contributed by atoms with E-state index in [0.29, 0.717) is 0 Å². The second-order valence-corrected chi connectivity index (χ2v) is 12.6. The molecule has 2 heteroatoms. The molecule has 9 aromatic rings. The van der Waals surface area contributed by atoms with Crippen LogP contribution in [0, 0.1) is 0 Å². The highest BCUT2D eigenvalue weighted by Gasteiger charge is 2.16. The molecule has 50 heavy (non-hydrogen) atoms. The van der Waals surface area contributed by atoms with Crippen LogP contribution in [0.2, 0.25) is 0 Å².